The van der Waals surface area contributed by atoms with Gasteiger partial charge in [-0.3, -0.25) is 14.4 Å². The molecule has 0 aliphatic heterocycles. The summed E-state index contributed by atoms with van der Waals surface area (Å²) in [7, 11) is 0. The largest absolute Gasteiger partial charge is 0.370 e. The molecule has 0 bridgehead atoms. The Hall–Kier alpha value is -3.47. The summed E-state index contributed by atoms with van der Waals surface area (Å²) >= 11 is 0. The third-order valence-corrected chi connectivity index (χ3v) is 5.32. The molecule has 1 unspecified atom stereocenters. The summed E-state index contributed by atoms with van der Waals surface area (Å²) in [5, 5.41) is 3.19. The second-order valence-corrected chi connectivity index (χ2v) is 7.39. The van der Waals surface area contributed by atoms with Gasteiger partial charge in [-0.05, 0) is 30.0 Å². The molecule has 0 fully saturated rings. The zero-order valence-corrected chi connectivity index (χ0v) is 16.8. The molecule has 0 aromatic heterocycles. The first-order chi connectivity index (χ1) is 14.5. The average molecular weight is 402 g/mol. The molecule has 30 heavy (non-hydrogen) atoms. The van der Waals surface area contributed by atoms with Gasteiger partial charge in [-0.1, -0.05) is 78.9 Å². The summed E-state index contributed by atoms with van der Waals surface area (Å²) in [6.07, 6.45) is 8.54. The van der Waals surface area contributed by atoms with Crippen LogP contribution in [-0.2, 0) is 19.9 Å². The third kappa shape index (κ3) is 4.74. The number of primary amides is 1. The Morgan fingerprint density at radius 3 is 1.97 bits per heavy atom. The fraction of sp³-hybridized carbons (Fsp3) is 0.240. The molecule has 3 rings (SSSR count). The molecular weight excluding hydrogens is 376 g/mol. The van der Waals surface area contributed by atoms with E-state index in [9.17, 15) is 14.4 Å². The summed E-state index contributed by atoms with van der Waals surface area (Å²) in [5.74, 6) is -1.20. The highest BCUT2D eigenvalue weighted by atomic mass is 16.2. The van der Waals surface area contributed by atoms with Crippen molar-refractivity contribution < 1.29 is 14.4 Å². The molecule has 2 amide bonds. The summed E-state index contributed by atoms with van der Waals surface area (Å²) in [6.45, 7) is 0. The molecule has 2 aromatic rings. The minimum atomic E-state index is -1.04. The van der Waals surface area contributed by atoms with E-state index in [1.54, 1.807) is 12.2 Å². The molecule has 0 heterocycles. The van der Waals surface area contributed by atoms with Crippen LogP contribution in [0.25, 0.3) is 0 Å². The van der Waals surface area contributed by atoms with E-state index >= 15 is 0 Å². The number of allylic oxidation sites excluding steroid dienone is 3. The Labute approximate surface area is 176 Å². The number of hydrogen-bond donors (Lipinski definition) is 2. The van der Waals surface area contributed by atoms with Crippen molar-refractivity contribution in [1.29, 1.82) is 0 Å². The standard InChI is InChI=1S/C25H26N2O3/c26-23(29)17-9-10-18-24(30)27-25(19-11-3-1-4-12-19,20-13-5-2-6-14-20)21-15-7-8-16-22(21)28/h1-8,11-16,21H,9-10,17-18H2,(H2,26,29)(H,27,30). The van der Waals surface area contributed by atoms with Crippen LogP contribution in [0.4, 0.5) is 0 Å². The maximum Gasteiger partial charge on any atom is 0.220 e. The molecule has 2 aromatic carbocycles. The van der Waals surface area contributed by atoms with Gasteiger partial charge < -0.3 is 11.1 Å². The first-order valence-corrected chi connectivity index (χ1v) is 10.1. The van der Waals surface area contributed by atoms with Gasteiger partial charge in [0.15, 0.2) is 5.78 Å². The van der Waals surface area contributed by atoms with Crippen molar-refractivity contribution in [2.75, 3.05) is 0 Å². The highest BCUT2D eigenvalue weighted by Gasteiger charge is 2.45. The number of carbonyl (C=O) groups is 3. The number of rotatable bonds is 9. The van der Waals surface area contributed by atoms with Crippen molar-refractivity contribution in [1.82, 2.24) is 5.32 Å². The lowest BCUT2D eigenvalue weighted by molar-refractivity contribution is -0.125. The summed E-state index contributed by atoms with van der Waals surface area (Å²) < 4.78 is 0. The molecule has 0 radical (unpaired) electrons. The third-order valence-electron chi connectivity index (χ3n) is 5.32. The number of ketones is 1. The Kier molecular flexibility index (Phi) is 6.96. The van der Waals surface area contributed by atoms with Gasteiger partial charge in [-0.2, -0.15) is 0 Å². The first-order valence-electron chi connectivity index (χ1n) is 10.1. The Bertz CT molecular complexity index is 909. The number of hydrogen-bond acceptors (Lipinski definition) is 3. The van der Waals surface area contributed by atoms with E-state index in [2.05, 4.69) is 5.32 Å². The number of nitrogens with one attached hydrogen (secondary N) is 1. The summed E-state index contributed by atoms with van der Waals surface area (Å²) in [4.78, 5) is 36.9. The van der Waals surface area contributed by atoms with Crippen molar-refractivity contribution in [2.45, 2.75) is 31.2 Å². The number of carbonyl (C=O) groups excluding carboxylic acids is 3. The van der Waals surface area contributed by atoms with Crippen LogP contribution >= 0.6 is 0 Å². The van der Waals surface area contributed by atoms with Gasteiger partial charge in [0, 0.05) is 12.8 Å². The smallest absolute Gasteiger partial charge is 0.220 e. The fourth-order valence-corrected chi connectivity index (χ4v) is 3.90. The predicted octanol–water partition coefficient (Wildman–Crippen LogP) is 3.40. The van der Waals surface area contributed by atoms with Crippen LogP contribution in [0.2, 0.25) is 0 Å². The topological polar surface area (TPSA) is 89.3 Å². The van der Waals surface area contributed by atoms with Crippen LogP contribution < -0.4 is 11.1 Å². The van der Waals surface area contributed by atoms with E-state index in [4.69, 9.17) is 5.73 Å². The molecule has 1 aliphatic rings. The molecule has 3 N–H and O–H groups in total. The van der Waals surface area contributed by atoms with Crippen molar-refractivity contribution in [3.63, 3.8) is 0 Å². The summed E-state index contributed by atoms with van der Waals surface area (Å²) in [5.41, 5.74) is 5.81. The molecule has 154 valence electrons. The lowest BCUT2D eigenvalue weighted by Crippen LogP contribution is -2.54. The SMILES string of the molecule is NC(=O)CCCCC(=O)NC(c1ccccc1)(c1ccccc1)C1C=CC=CC1=O. The Morgan fingerprint density at radius 1 is 0.867 bits per heavy atom. The number of benzene rings is 2. The van der Waals surface area contributed by atoms with E-state index in [-0.39, 0.29) is 30.4 Å². The predicted molar refractivity (Wildman–Crippen MR) is 116 cm³/mol. The van der Waals surface area contributed by atoms with Gasteiger partial charge in [-0.25, -0.2) is 0 Å². The van der Waals surface area contributed by atoms with Crippen LogP contribution in [0.15, 0.2) is 85.0 Å². The van der Waals surface area contributed by atoms with Crippen LogP contribution in [0, 0.1) is 5.92 Å². The zero-order chi connectivity index (χ0) is 21.4. The molecule has 0 saturated heterocycles. The number of amides is 2. The number of nitrogens with two attached hydrogens (primary N) is 1. The van der Waals surface area contributed by atoms with E-state index in [1.807, 2.05) is 72.8 Å². The van der Waals surface area contributed by atoms with E-state index in [0.29, 0.717) is 12.8 Å². The van der Waals surface area contributed by atoms with Crippen molar-refractivity contribution >= 4 is 17.6 Å². The second kappa shape index (κ2) is 9.83. The maximum atomic E-state index is 13.0. The molecular formula is C25H26N2O3. The monoisotopic (exact) mass is 402 g/mol. The first kappa shape index (κ1) is 21.2. The van der Waals surface area contributed by atoms with Crippen molar-refractivity contribution in [3.8, 4) is 0 Å². The normalized spacial score (nSPS) is 15.7. The molecule has 0 spiro atoms. The highest BCUT2D eigenvalue weighted by molar-refractivity contribution is 5.97. The number of unbranched alkanes of at least 4 members (excludes halogenated alkanes) is 1. The maximum absolute atomic E-state index is 13.0. The Morgan fingerprint density at radius 2 is 1.43 bits per heavy atom. The molecule has 1 aliphatic carbocycles. The van der Waals surface area contributed by atoms with Gasteiger partial charge in [0.2, 0.25) is 11.8 Å². The van der Waals surface area contributed by atoms with Crippen LogP contribution in [0.3, 0.4) is 0 Å². The van der Waals surface area contributed by atoms with Crippen LogP contribution in [0.5, 0.6) is 0 Å². The quantitative estimate of drug-likeness (QED) is 0.630. The van der Waals surface area contributed by atoms with E-state index in [0.717, 1.165) is 11.1 Å². The van der Waals surface area contributed by atoms with E-state index < -0.39 is 11.5 Å². The lowest BCUT2D eigenvalue weighted by Gasteiger charge is -2.41. The second-order valence-electron chi connectivity index (χ2n) is 7.39. The Balaban J connectivity index is 2.01. The average Bonchev–Trinajstić information content (AvgIpc) is 2.77. The molecule has 0 saturated carbocycles. The fourth-order valence-electron chi connectivity index (χ4n) is 3.90. The lowest BCUT2D eigenvalue weighted by atomic mass is 9.70. The summed E-state index contributed by atoms with van der Waals surface area (Å²) in [6, 6.07) is 19.1. The zero-order valence-electron chi connectivity index (χ0n) is 16.8. The minimum absolute atomic E-state index is 0.0702. The van der Waals surface area contributed by atoms with Gasteiger partial charge in [-0.15, -0.1) is 0 Å². The molecule has 5 heteroatoms. The van der Waals surface area contributed by atoms with Gasteiger partial charge in [0.1, 0.15) is 5.54 Å². The van der Waals surface area contributed by atoms with Gasteiger partial charge >= 0.3 is 0 Å². The van der Waals surface area contributed by atoms with Crippen molar-refractivity contribution in [3.05, 3.63) is 96.1 Å². The molecule has 1 atom stereocenters. The van der Waals surface area contributed by atoms with Gasteiger partial charge in [0.05, 0.1) is 5.92 Å². The molecule has 5 nitrogen and oxygen atoms in total. The van der Waals surface area contributed by atoms with Crippen molar-refractivity contribution in [2.24, 2.45) is 11.7 Å². The van der Waals surface area contributed by atoms with Crippen LogP contribution in [0.1, 0.15) is 36.8 Å². The van der Waals surface area contributed by atoms with Crippen LogP contribution in [-0.4, -0.2) is 17.6 Å². The minimum Gasteiger partial charge on any atom is -0.370 e. The van der Waals surface area contributed by atoms with Gasteiger partial charge in [0.25, 0.3) is 0 Å². The van der Waals surface area contributed by atoms with E-state index in [1.165, 1.54) is 0 Å². The highest BCUT2D eigenvalue weighted by Crippen LogP contribution is 2.39.